The molecule has 0 atom stereocenters. The van der Waals surface area contributed by atoms with E-state index in [4.69, 9.17) is 5.84 Å². The summed E-state index contributed by atoms with van der Waals surface area (Å²) in [5.74, 6) is 5.49. The number of rotatable bonds is 5. The van der Waals surface area contributed by atoms with Crippen LogP contribution in [0.4, 0.5) is 0 Å². The van der Waals surface area contributed by atoms with Crippen molar-refractivity contribution in [3.8, 4) is 11.1 Å². The Hall–Kier alpha value is -2.66. The van der Waals surface area contributed by atoms with Crippen LogP contribution in [-0.4, -0.2) is 18.4 Å². The minimum absolute atomic E-state index is 0.0403. The fourth-order valence-corrected chi connectivity index (χ4v) is 2.62. The third kappa shape index (κ3) is 3.63. The number of amides is 2. The maximum atomic E-state index is 12.1. The molecular formula is C19H21N3O2. The summed E-state index contributed by atoms with van der Waals surface area (Å²) in [6.07, 6.45) is 2.43. The van der Waals surface area contributed by atoms with Crippen LogP contribution in [0.25, 0.3) is 11.1 Å². The van der Waals surface area contributed by atoms with Crippen molar-refractivity contribution < 1.29 is 9.59 Å². The second kappa shape index (κ2) is 6.84. The lowest BCUT2D eigenvalue weighted by atomic mass is 9.97. The van der Waals surface area contributed by atoms with Crippen LogP contribution >= 0.6 is 0 Å². The first kappa shape index (κ1) is 16.2. The van der Waals surface area contributed by atoms with E-state index >= 15 is 0 Å². The molecule has 2 aromatic carbocycles. The van der Waals surface area contributed by atoms with Gasteiger partial charge in [0.25, 0.3) is 11.8 Å². The molecule has 0 bridgehead atoms. The zero-order chi connectivity index (χ0) is 17.1. The highest BCUT2D eigenvalue weighted by Gasteiger charge is 2.21. The molecule has 1 aliphatic carbocycles. The van der Waals surface area contributed by atoms with Gasteiger partial charge in [0.1, 0.15) is 0 Å². The summed E-state index contributed by atoms with van der Waals surface area (Å²) in [6, 6.07) is 12.9. The second-order valence-electron chi connectivity index (χ2n) is 6.23. The van der Waals surface area contributed by atoms with E-state index in [-0.39, 0.29) is 11.8 Å². The number of hydrazine groups is 1. The van der Waals surface area contributed by atoms with Crippen LogP contribution in [0, 0.1) is 12.8 Å². The lowest BCUT2D eigenvalue weighted by Crippen LogP contribution is -2.29. The third-order valence-corrected chi connectivity index (χ3v) is 4.34. The number of carbonyl (C=O) groups is 2. The summed E-state index contributed by atoms with van der Waals surface area (Å²) in [5.41, 5.74) is 6.24. The third-order valence-electron chi connectivity index (χ3n) is 4.34. The van der Waals surface area contributed by atoms with Gasteiger partial charge in [0, 0.05) is 17.7 Å². The van der Waals surface area contributed by atoms with Gasteiger partial charge in [-0.1, -0.05) is 18.2 Å². The number of nitrogen functional groups attached to an aromatic ring is 1. The lowest BCUT2D eigenvalue weighted by Gasteiger charge is -2.10. The van der Waals surface area contributed by atoms with E-state index in [1.165, 1.54) is 12.8 Å². The van der Waals surface area contributed by atoms with Gasteiger partial charge in [0.15, 0.2) is 0 Å². The van der Waals surface area contributed by atoms with Crippen molar-refractivity contribution in [2.45, 2.75) is 19.8 Å². The zero-order valence-corrected chi connectivity index (χ0v) is 13.6. The molecule has 3 rings (SSSR count). The fourth-order valence-electron chi connectivity index (χ4n) is 2.62. The maximum absolute atomic E-state index is 12.1. The van der Waals surface area contributed by atoms with Gasteiger partial charge in [0.2, 0.25) is 0 Å². The van der Waals surface area contributed by atoms with Crippen LogP contribution in [0.2, 0.25) is 0 Å². The van der Waals surface area contributed by atoms with Crippen molar-refractivity contribution in [1.29, 1.82) is 0 Å². The number of benzene rings is 2. The molecule has 0 aliphatic heterocycles. The molecule has 4 N–H and O–H groups in total. The number of aryl methyl sites for hydroxylation is 1. The summed E-state index contributed by atoms with van der Waals surface area (Å²) in [6.45, 7) is 2.74. The molecule has 2 amide bonds. The maximum Gasteiger partial charge on any atom is 0.265 e. The molecule has 5 heteroatoms. The molecule has 0 spiro atoms. The first-order valence-electron chi connectivity index (χ1n) is 8.08. The molecule has 0 aromatic heterocycles. The van der Waals surface area contributed by atoms with E-state index in [2.05, 4.69) is 10.7 Å². The van der Waals surface area contributed by atoms with Crippen molar-refractivity contribution in [2.24, 2.45) is 11.8 Å². The first-order chi connectivity index (χ1) is 11.6. The van der Waals surface area contributed by atoms with E-state index in [0.29, 0.717) is 17.0 Å². The molecule has 1 fully saturated rings. The van der Waals surface area contributed by atoms with Crippen molar-refractivity contribution in [2.75, 3.05) is 6.54 Å². The Balaban J connectivity index is 1.79. The van der Waals surface area contributed by atoms with E-state index < -0.39 is 0 Å². The van der Waals surface area contributed by atoms with E-state index in [0.717, 1.165) is 23.2 Å². The summed E-state index contributed by atoms with van der Waals surface area (Å²) in [4.78, 5) is 23.8. The smallest absolute Gasteiger partial charge is 0.265 e. The zero-order valence-electron chi connectivity index (χ0n) is 13.6. The Bertz CT molecular complexity index is 765. The Labute approximate surface area is 141 Å². The Kier molecular flexibility index (Phi) is 4.62. The van der Waals surface area contributed by atoms with Crippen molar-refractivity contribution >= 4 is 11.8 Å². The van der Waals surface area contributed by atoms with Gasteiger partial charge in [-0.3, -0.25) is 15.0 Å². The summed E-state index contributed by atoms with van der Waals surface area (Å²) >= 11 is 0. The molecule has 0 radical (unpaired) electrons. The Morgan fingerprint density at radius 1 is 1.04 bits per heavy atom. The minimum atomic E-state index is -0.327. The Morgan fingerprint density at radius 2 is 1.71 bits per heavy atom. The average Bonchev–Trinajstić information content (AvgIpc) is 3.44. The summed E-state index contributed by atoms with van der Waals surface area (Å²) < 4.78 is 0. The van der Waals surface area contributed by atoms with Crippen molar-refractivity contribution in [3.05, 3.63) is 59.2 Å². The highest BCUT2D eigenvalue weighted by atomic mass is 16.2. The summed E-state index contributed by atoms with van der Waals surface area (Å²) in [5, 5.41) is 2.96. The quantitative estimate of drug-likeness (QED) is 0.449. The molecule has 1 aliphatic rings. The number of hydrogen-bond donors (Lipinski definition) is 3. The van der Waals surface area contributed by atoms with Crippen molar-refractivity contribution in [3.63, 3.8) is 0 Å². The molecule has 24 heavy (non-hydrogen) atoms. The first-order valence-corrected chi connectivity index (χ1v) is 8.08. The summed E-state index contributed by atoms with van der Waals surface area (Å²) in [7, 11) is 0. The Morgan fingerprint density at radius 3 is 2.33 bits per heavy atom. The molecule has 124 valence electrons. The predicted octanol–water partition coefficient (Wildman–Crippen LogP) is 2.41. The van der Waals surface area contributed by atoms with E-state index in [9.17, 15) is 9.59 Å². The molecule has 0 unspecified atom stereocenters. The van der Waals surface area contributed by atoms with Gasteiger partial charge >= 0.3 is 0 Å². The van der Waals surface area contributed by atoms with Gasteiger partial charge in [0.05, 0.1) is 0 Å². The highest BCUT2D eigenvalue weighted by molar-refractivity contribution is 5.96. The normalized spacial score (nSPS) is 13.4. The number of carbonyl (C=O) groups excluding carboxylic acids is 2. The molecule has 2 aromatic rings. The number of nitrogens with two attached hydrogens (primary N) is 1. The molecule has 1 saturated carbocycles. The van der Waals surface area contributed by atoms with Gasteiger partial charge in [-0.25, -0.2) is 5.84 Å². The predicted molar refractivity (Wildman–Crippen MR) is 93.3 cm³/mol. The SMILES string of the molecule is Cc1ccc(C(=O)NN)cc1-c1ccc(C(=O)NCC2CC2)cc1. The fraction of sp³-hybridized carbons (Fsp3) is 0.263. The number of hydrogen-bond acceptors (Lipinski definition) is 3. The van der Waals surface area contributed by atoms with Crippen molar-refractivity contribution in [1.82, 2.24) is 10.7 Å². The van der Waals surface area contributed by atoms with Gasteiger partial charge in [-0.2, -0.15) is 0 Å². The van der Waals surface area contributed by atoms with Crippen LogP contribution in [0.5, 0.6) is 0 Å². The topological polar surface area (TPSA) is 84.2 Å². The minimum Gasteiger partial charge on any atom is -0.352 e. The molecule has 0 saturated heterocycles. The van der Waals surface area contributed by atoms with Crippen LogP contribution in [0.3, 0.4) is 0 Å². The van der Waals surface area contributed by atoms with E-state index in [1.807, 2.05) is 37.3 Å². The number of nitrogens with one attached hydrogen (secondary N) is 2. The molecule has 0 heterocycles. The standard InChI is InChI=1S/C19H21N3O2/c1-12-2-5-16(19(24)22-20)10-17(12)14-6-8-15(9-7-14)18(23)21-11-13-3-4-13/h2,5-10,13H,3-4,11,20H2,1H3,(H,21,23)(H,22,24). The monoisotopic (exact) mass is 323 g/mol. The van der Waals surface area contributed by atoms with Gasteiger partial charge < -0.3 is 5.32 Å². The second-order valence-corrected chi connectivity index (χ2v) is 6.23. The lowest BCUT2D eigenvalue weighted by molar-refractivity contribution is 0.0945. The average molecular weight is 323 g/mol. The van der Waals surface area contributed by atoms with Crippen LogP contribution < -0.4 is 16.6 Å². The molecule has 5 nitrogen and oxygen atoms in total. The molecular weight excluding hydrogens is 302 g/mol. The van der Waals surface area contributed by atoms with Crippen LogP contribution in [0.15, 0.2) is 42.5 Å². The van der Waals surface area contributed by atoms with E-state index in [1.54, 1.807) is 12.1 Å². The van der Waals surface area contributed by atoms with Gasteiger partial charge in [-0.15, -0.1) is 0 Å². The highest BCUT2D eigenvalue weighted by Crippen LogP contribution is 2.28. The largest absolute Gasteiger partial charge is 0.352 e. The van der Waals surface area contributed by atoms with Crippen LogP contribution in [-0.2, 0) is 0 Å². The van der Waals surface area contributed by atoms with Gasteiger partial charge in [-0.05, 0) is 66.6 Å². The van der Waals surface area contributed by atoms with Crippen LogP contribution in [0.1, 0.15) is 39.1 Å².